The Labute approximate surface area is 212 Å². The van der Waals surface area contributed by atoms with Gasteiger partial charge in [-0.05, 0) is 61.8 Å². The summed E-state index contributed by atoms with van der Waals surface area (Å²) in [6, 6.07) is 8.05. The zero-order chi connectivity index (χ0) is 26.3. The molecule has 0 aliphatic carbocycles. The molecule has 1 fully saturated rings. The molecule has 36 heavy (non-hydrogen) atoms. The van der Waals surface area contributed by atoms with Crippen LogP contribution in [0.2, 0.25) is 0 Å². The minimum atomic E-state index is -5.08. The van der Waals surface area contributed by atoms with Crippen molar-refractivity contribution in [1.29, 1.82) is 0 Å². The van der Waals surface area contributed by atoms with Gasteiger partial charge in [0.1, 0.15) is 5.75 Å². The number of benzene rings is 1. The standard InChI is InChI=1S/C19H21N3O4S3.C2HF3O2/c23-17(6-3-13-7-9-20-10-8-13)22-19-21-15-5-4-14(12-16(15)28-19)26-29(24,25)18-2-1-11-27-18;3-2(4,5)1(6)7/h1-2,4-5,11-13,20H,3,6-10H2,(H,21,22,23);(H,6,7). The Hall–Kier alpha value is -2.75. The minimum absolute atomic E-state index is 0.0423. The molecule has 15 heteroatoms. The van der Waals surface area contributed by atoms with Crippen LogP contribution in [0.25, 0.3) is 10.2 Å². The van der Waals surface area contributed by atoms with Crippen molar-refractivity contribution < 1.29 is 40.5 Å². The van der Waals surface area contributed by atoms with Gasteiger partial charge >= 0.3 is 22.3 Å². The van der Waals surface area contributed by atoms with Crippen LogP contribution in [0.15, 0.2) is 39.9 Å². The van der Waals surface area contributed by atoms with Gasteiger partial charge in [-0.15, -0.1) is 11.3 Å². The summed E-state index contributed by atoms with van der Waals surface area (Å²) in [5.74, 6) is -1.98. The van der Waals surface area contributed by atoms with Gasteiger partial charge in [-0.25, -0.2) is 9.78 Å². The van der Waals surface area contributed by atoms with Crippen LogP contribution in [0.1, 0.15) is 25.7 Å². The van der Waals surface area contributed by atoms with Crippen molar-refractivity contribution in [2.75, 3.05) is 18.4 Å². The Kier molecular flexibility index (Phi) is 9.27. The maximum atomic E-state index is 12.3. The fourth-order valence-corrected chi connectivity index (χ4v) is 6.05. The number of thiophene rings is 1. The number of nitrogens with one attached hydrogen (secondary N) is 2. The minimum Gasteiger partial charge on any atom is -0.475 e. The Balaban J connectivity index is 0.000000454. The van der Waals surface area contributed by atoms with Gasteiger partial charge in [-0.2, -0.15) is 21.6 Å². The lowest BCUT2D eigenvalue weighted by Crippen LogP contribution is -2.28. The number of aromatic nitrogens is 1. The number of nitrogens with zero attached hydrogens (tertiary/aromatic N) is 1. The molecule has 4 rings (SSSR count). The third-order valence-electron chi connectivity index (χ3n) is 5.03. The Morgan fingerprint density at radius 2 is 1.92 bits per heavy atom. The molecule has 2 aromatic heterocycles. The highest BCUT2D eigenvalue weighted by molar-refractivity contribution is 7.89. The Bertz CT molecular complexity index is 1290. The number of fused-ring (bicyclic) bond motifs is 1. The molecular formula is C21H22F3N3O6S3. The van der Waals surface area contributed by atoms with E-state index in [0.29, 0.717) is 23.0 Å². The number of rotatable bonds is 7. The van der Waals surface area contributed by atoms with Gasteiger partial charge in [0.05, 0.1) is 10.2 Å². The highest BCUT2D eigenvalue weighted by atomic mass is 32.3. The van der Waals surface area contributed by atoms with Gasteiger partial charge in [0.15, 0.2) is 9.34 Å². The number of piperidine rings is 1. The average Bonchev–Trinajstić information content (AvgIpc) is 3.48. The van der Waals surface area contributed by atoms with Gasteiger partial charge < -0.3 is 19.9 Å². The topological polar surface area (TPSA) is 135 Å². The van der Waals surface area contributed by atoms with E-state index in [1.54, 1.807) is 29.6 Å². The molecule has 0 saturated carbocycles. The van der Waals surface area contributed by atoms with Crippen molar-refractivity contribution >= 4 is 60.0 Å². The molecule has 1 aliphatic rings. The lowest BCUT2D eigenvalue weighted by molar-refractivity contribution is -0.192. The second kappa shape index (κ2) is 12.0. The predicted octanol–water partition coefficient (Wildman–Crippen LogP) is 4.48. The summed E-state index contributed by atoms with van der Waals surface area (Å²) in [7, 11) is -3.84. The summed E-state index contributed by atoms with van der Waals surface area (Å²) in [6.07, 6.45) is -1.48. The number of hydrogen-bond acceptors (Lipinski definition) is 9. The fourth-order valence-electron chi connectivity index (χ4n) is 3.27. The molecule has 3 N–H and O–H groups in total. The second-order valence-electron chi connectivity index (χ2n) is 7.70. The first-order chi connectivity index (χ1) is 16.9. The zero-order valence-corrected chi connectivity index (χ0v) is 21.0. The quantitative estimate of drug-likeness (QED) is 0.357. The highest BCUT2D eigenvalue weighted by Gasteiger charge is 2.38. The van der Waals surface area contributed by atoms with E-state index >= 15 is 0 Å². The molecule has 3 heterocycles. The molecule has 0 unspecified atom stereocenters. The number of amides is 1. The third-order valence-corrected chi connectivity index (χ3v) is 8.57. The summed E-state index contributed by atoms with van der Waals surface area (Å²) in [6.45, 7) is 2.05. The largest absolute Gasteiger partial charge is 0.490 e. The van der Waals surface area contributed by atoms with Gasteiger partial charge in [0.25, 0.3) is 0 Å². The molecule has 0 spiro atoms. The second-order valence-corrected chi connectivity index (χ2v) is 11.5. The van der Waals surface area contributed by atoms with E-state index in [-0.39, 0.29) is 15.9 Å². The number of aliphatic carboxylic acids is 1. The summed E-state index contributed by atoms with van der Waals surface area (Å²) >= 11 is 2.40. The maximum Gasteiger partial charge on any atom is 0.490 e. The third kappa shape index (κ3) is 8.15. The van der Waals surface area contributed by atoms with Gasteiger partial charge in [0, 0.05) is 12.5 Å². The van der Waals surface area contributed by atoms with Crippen LogP contribution in [-0.4, -0.2) is 49.7 Å². The summed E-state index contributed by atoms with van der Waals surface area (Å²) in [4.78, 5) is 25.6. The molecule has 1 amide bonds. The number of thiazole rings is 1. The van der Waals surface area contributed by atoms with Crippen molar-refractivity contribution in [1.82, 2.24) is 10.3 Å². The van der Waals surface area contributed by atoms with E-state index in [1.807, 2.05) is 0 Å². The van der Waals surface area contributed by atoms with Crippen LogP contribution in [0, 0.1) is 5.92 Å². The van der Waals surface area contributed by atoms with Crippen molar-refractivity contribution in [3.8, 4) is 5.75 Å². The van der Waals surface area contributed by atoms with Gasteiger partial charge in [0.2, 0.25) is 5.91 Å². The van der Waals surface area contributed by atoms with E-state index in [0.717, 1.165) is 48.4 Å². The van der Waals surface area contributed by atoms with Crippen LogP contribution in [0.5, 0.6) is 5.75 Å². The molecule has 0 radical (unpaired) electrons. The number of anilines is 1. The first-order valence-corrected chi connectivity index (χ1v) is 13.7. The monoisotopic (exact) mass is 565 g/mol. The predicted molar refractivity (Wildman–Crippen MR) is 129 cm³/mol. The molecule has 1 aromatic carbocycles. The lowest BCUT2D eigenvalue weighted by atomic mass is 9.93. The maximum absolute atomic E-state index is 12.3. The summed E-state index contributed by atoms with van der Waals surface area (Å²) in [5, 5.41) is 15.5. The van der Waals surface area contributed by atoms with Crippen LogP contribution in [-0.2, 0) is 19.7 Å². The number of alkyl halides is 3. The molecule has 9 nitrogen and oxygen atoms in total. The first kappa shape index (κ1) is 27.8. The Morgan fingerprint density at radius 1 is 1.22 bits per heavy atom. The zero-order valence-electron chi connectivity index (χ0n) is 18.6. The van der Waals surface area contributed by atoms with E-state index in [4.69, 9.17) is 14.1 Å². The fraction of sp³-hybridized carbons (Fsp3) is 0.381. The average molecular weight is 566 g/mol. The van der Waals surface area contributed by atoms with Crippen molar-refractivity contribution in [3.05, 3.63) is 35.7 Å². The highest BCUT2D eigenvalue weighted by Crippen LogP contribution is 2.31. The first-order valence-electron chi connectivity index (χ1n) is 10.6. The van der Waals surface area contributed by atoms with E-state index in [2.05, 4.69) is 15.6 Å². The Morgan fingerprint density at radius 3 is 2.53 bits per heavy atom. The van der Waals surface area contributed by atoms with Gasteiger partial charge in [-0.1, -0.05) is 17.4 Å². The molecule has 0 atom stereocenters. The molecular weight excluding hydrogens is 543 g/mol. The van der Waals surface area contributed by atoms with Gasteiger partial charge in [-0.3, -0.25) is 4.79 Å². The molecule has 0 bridgehead atoms. The molecule has 196 valence electrons. The van der Waals surface area contributed by atoms with E-state index < -0.39 is 22.3 Å². The van der Waals surface area contributed by atoms with Crippen LogP contribution in [0.4, 0.5) is 18.3 Å². The lowest BCUT2D eigenvalue weighted by Gasteiger charge is -2.21. The number of carboxylic acids is 1. The summed E-state index contributed by atoms with van der Waals surface area (Å²) in [5.41, 5.74) is 0.685. The number of carbonyl (C=O) groups excluding carboxylic acids is 1. The smallest absolute Gasteiger partial charge is 0.475 e. The van der Waals surface area contributed by atoms with Crippen LogP contribution >= 0.6 is 22.7 Å². The van der Waals surface area contributed by atoms with Crippen molar-refractivity contribution in [3.63, 3.8) is 0 Å². The van der Waals surface area contributed by atoms with Crippen LogP contribution in [0.3, 0.4) is 0 Å². The molecule has 1 saturated heterocycles. The number of hydrogen-bond donors (Lipinski definition) is 3. The van der Waals surface area contributed by atoms with E-state index in [1.165, 1.54) is 17.4 Å². The van der Waals surface area contributed by atoms with Crippen molar-refractivity contribution in [2.24, 2.45) is 5.92 Å². The normalized spacial score (nSPS) is 14.6. The number of halogens is 3. The summed E-state index contributed by atoms with van der Waals surface area (Å²) < 4.78 is 62.4. The van der Waals surface area contributed by atoms with E-state index in [9.17, 15) is 26.4 Å². The molecule has 1 aliphatic heterocycles. The van der Waals surface area contributed by atoms with Crippen LogP contribution < -0.4 is 14.8 Å². The number of carbonyl (C=O) groups is 2. The molecule has 3 aromatic rings. The number of carboxylic acid groups (broad SMARTS) is 1. The van der Waals surface area contributed by atoms with Crippen molar-refractivity contribution in [2.45, 2.75) is 36.1 Å². The SMILES string of the molecule is O=C(CCC1CCNCC1)Nc1nc2ccc(OS(=O)(=O)c3cccs3)cc2s1.O=C(O)C(F)(F)F.